The van der Waals surface area contributed by atoms with Gasteiger partial charge >= 0.3 is 5.97 Å². The third-order valence-corrected chi connectivity index (χ3v) is 5.48. The zero-order chi connectivity index (χ0) is 20.2. The lowest BCUT2D eigenvalue weighted by Crippen LogP contribution is -2.45. The van der Waals surface area contributed by atoms with Gasteiger partial charge in [0, 0.05) is 18.4 Å². The molecule has 0 saturated heterocycles. The first-order valence-corrected chi connectivity index (χ1v) is 10.5. The highest BCUT2D eigenvalue weighted by Crippen LogP contribution is 2.44. The fraction of sp³-hybridized carbons (Fsp3) is 0.611. The van der Waals surface area contributed by atoms with Crippen molar-refractivity contribution in [3.63, 3.8) is 0 Å². The summed E-state index contributed by atoms with van der Waals surface area (Å²) in [5.41, 5.74) is -0.0331. The molecule has 0 spiro atoms. The Morgan fingerprint density at radius 1 is 1.41 bits per heavy atom. The van der Waals surface area contributed by atoms with Gasteiger partial charge in [0.05, 0.1) is 32.7 Å². The molecule has 0 amide bonds. The summed E-state index contributed by atoms with van der Waals surface area (Å²) in [4.78, 5) is 11.8. The SMILES string of the molecule is COC(=O)CN(C1CC(C)(C)Oc2ccc(OCCCF)cc21)S(C)(=O)=O. The van der Waals surface area contributed by atoms with Crippen LogP contribution < -0.4 is 9.47 Å². The van der Waals surface area contributed by atoms with Crippen LogP contribution in [0.4, 0.5) is 4.39 Å². The summed E-state index contributed by atoms with van der Waals surface area (Å²) in [6.07, 6.45) is 1.67. The Bertz CT molecular complexity index is 780. The Morgan fingerprint density at radius 3 is 2.70 bits per heavy atom. The molecular weight excluding hydrogens is 377 g/mol. The molecule has 0 aliphatic carbocycles. The molecule has 1 aliphatic heterocycles. The lowest BCUT2D eigenvalue weighted by molar-refractivity contribution is -0.141. The van der Waals surface area contributed by atoms with Crippen LogP contribution in [0.3, 0.4) is 0 Å². The maximum atomic E-state index is 12.4. The smallest absolute Gasteiger partial charge is 0.321 e. The van der Waals surface area contributed by atoms with Gasteiger partial charge < -0.3 is 14.2 Å². The number of nitrogens with zero attached hydrogens (tertiary/aromatic N) is 1. The van der Waals surface area contributed by atoms with E-state index in [1.807, 2.05) is 13.8 Å². The van der Waals surface area contributed by atoms with Crippen LogP contribution in [0.2, 0.25) is 0 Å². The van der Waals surface area contributed by atoms with E-state index in [2.05, 4.69) is 4.74 Å². The molecule has 152 valence electrons. The first-order valence-electron chi connectivity index (χ1n) is 8.63. The molecule has 1 unspecified atom stereocenters. The average Bonchev–Trinajstić information content (AvgIpc) is 2.57. The van der Waals surface area contributed by atoms with Gasteiger partial charge in [-0.1, -0.05) is 0 Å². The monoisotopic (exact) mass is 403 g/mol. The Morgan fingerprint density at radius 2 is 2.11 bits per heavy atom. The van der Waals surface area contributed by atoms with E-state index in [1.165, 1.54) is 7.11 Å². The minimum absolute atomic E-state index is 0.213. The van der Waals surface area contributed by atoms with Crippen molar-refractivity contribution < 1.29 is 31.8 Å². The molecule has 9 heteroatoms. The van der Waals surface area contributed by atoms with Crippen LogP contribution in [-0.4, -0.2) is 57.5 Å². The van der Waals surface area contributed by atoms with Crippen LogP contribution in [0.15, 0.2) is 18.2 Å². The molecule has 0 bridgehead atoms. The standard InChI is InChI=1S/C18H26FNO6S/c1-18(2)11-15(20(27(4,22)23)12-17(21)24-3)14-10-13(25-9-5-8-19)6-7-16(14)26-18/h6-7,10,15H,5,8-9,11-12H2,1-4H3. The van der Waals surface area contributed by atoms with Crippen LogP contribution >= 0.6 is 0 Å². The highest BCUT2D eigenvalue weighted by atomic mass is 32.2. The third-order valence-electron chi connectivity index (χ3n) is 4.24. The van der Waals surface area contributed by atoms with Crippen LogP contribution in [0, 0.1) is 0 Å². The number of hydrogen-bond donors (Lipinski definition) is 0. The van der Waals surface area contributed by atoms with Crippen molar-refractivity contribution >= 4 is 16.0 Å². The number of benzene rings is 1. The summed E-state index contributed by atoms with van der Waals surface area (Å²) in [5.74, 6) is 0.358. The lowest BCUT2D eigenvalue weighted by atomic mass is 9.89. The van der Waals surface area contributed by atoms with Gasteiger partial charge in [0.2, 0.25) is 10.0 Å². The van der Waals surface area contributed by atoms with E-state index < -0.39 is 40.9 Å². The predicted octanol–water partition coefficient (Wildman–Crippen LogP) is 2.46. The molecule has 0 N–H and O–H groups in total. The second-order valence-electron chi connectivity index (χ2n) is 7.06. The number of methoxy groups -OCH3 is 1. The van der Waals surface area contributed by atoms with Gasteiger partial charge in [-0.05, 0) is 32.0 Å². The third kappa shape index (κ3) is 5.55. The zero-order valence-electron chi connectivity index (χ0n) is 16.0. The number of alkyl halides is 1. The number of halogens is 1. The fourth-order valence-electron chi connectivity index (χ4n) is 3.04. The largest absolute Gasteiger partial charge is 0.493 e. The number of carbonyl (C=O) groups is 1. The van der Waals surface area contributed by atoms with Crippen molar-refractivity contribution in [2.24, 2.45) is 0 Å². The molecule has 0 aromatic heterocycles. The quantitative estimate of drug-likeness (QED) is 0.490. The van der Waals surface area contributed by atoms with E-state index in [0.29, 0.717) is 23.5 Å². The minimum atomic E-state index is -3.71. The van der Waals surface area contributed by atoms with Gasteiger partial charge in [-0.25, -0.2) is 8.42 Å². The van der Waals surface area contributed by atoms with Crippen molar-refractivity contribution in [3.8, 4) is 11.5 Å². The van der Waals surface area contributed by atoms with Gasteiger partial charge in [0.15, 0.2) is 0 Å². The highest BCUT2D eigenvalue weighted by molar-refractivity contribution is 7.88. The maximum Gasteiger partial charge on any atom is 0.321 e. The van der Waals surface area contributed by atoms with E-state index in [1.54, 1.807) is 18.2 Å². The highest BCUT2D eigenvalue weighted by Gasteiger charge is 2.41. The molecule has 1 aromatic carbocycles. The van der Waals surface area contributed by atoms with Gasteiger partial charge in [-0.2, -0.15) is 4.31 Å². The molecule has 1 aliphatic rings. The van der Waals surface area contributed by atoms with Crippen molar-refractivity contribution in [2.45, 2.75) is 38.3 Å². The Kier molecular flexibility index (Phi) is 6.69. The normalized spacial score (nSPS) is 18.5. The molecule has 1 aromatic rings. The number of sulfonamides is 1. The number of fused-ring (bicyclic) bond motifs is 1. The molecule has 7 nitrogen and oxygen atoms in total. The van der Waals surface area contributed by atoms with E-state index in [9.17, 15) is 17.6 Å². The predicted molar refractivity (Wildman–Crippen MR) is 98.2 cm³/mol. The Labute approximate surface area is 159 Å². The van der Waals surface area contributed by atoms with Crippen LogP contribution in [0.25, 0.3) is 0 Å². The molecular formula is C18H26FNO6S. The van der Waals surface area contributed by atoms with Gasteiger partial charge in [-0.3, -0.25) is 9.18 Å². The Hall–Kier alpha value is -1.87. The number of hydrogen-bond acceptors (Lipinski definition) is 6. The molecule has 0 fully saturated rings. The summed E-state index contributed by atoms with van der Waals surface area (Å²) in [6, 6.07) is 4.46. The van der Waals surface area contributed by atoms with Crippen LogP contribution in [-0.2, 0) is 19.6 Å². The first-order chi connectivity index (χ1) is 12.6. The average molecular weight is 403 g/mol. The van der Waals surface area contributed by atoms with E-state index in [0.717, 1.165) is 10.6 Å². The molecule has 1 heterocycles. The zero-order valence-corrected chi connectivity index (χ0v) is 16.8. The summed E-state index contributed by atoms with van der Waals surface area (Å²) in [5, 5.41) is 0. The number of carbonyl (C=O) groups excluding carboxylic acids is 1. The summed E-state index contributed by atoms with van der Waals surface area (Å²) in [6.45, 7) is 3.04. The summed E-state index contributed by atoms with van der Waals surface area (Å²) >= 11 is 0. The fourth-order valence-corrected chi connectivity index (χ4v) is 4.03. The van der Waals surface area contributed by atoms with Crippen molar-refractivity contribution in [3.05, 3.63) is 23.8 Å². The van der Waals surface area contributed by atoms with E-state index in [-0.39, 0.29) is 13.0 Å². The first kappa shape index (κ1) is 21.4. The minimum Gasteiger partial charge on any atom is -0.493 e. The molecule has 0 saturated carbocycles. The molecule has 0 radical (unpaired) electrons. The summed E-state index contributed by atoms with van der Waals surface area (Å²) in [7, 11) is -2.50. The number of esters is 1. The van der Waals surface area contributed by atoms with Gasteiger partial charge in [0.25, 0.3) is 0 Å². The second kappa shape index (κ2) is 8.43. The molecule has 1 atom stereocenters. The lowest BCUT2D eigenvalue weighted by Gasteiger charge is -2.41. The summed E-state index contributed by atoms with van der Waals surface area (Å²) < 4.78 is 54.4. The van der Waals surface area contributed by atoms with Crippen LogP contribution in [0.5, 0.6) is 11.5 Å². The maximum absolute atomic E-state index is 12.4. The molecule has 2 rings (SSSR count). The van der Waals surface area contributed by atoms with Crippen molar-refractivity contribution in [1.82, 2.24) is 4.31 Å². The topological polar surface area (TPSA) is 82.1 Å². The van der Waals surface area contributed by atoms with Gasteiger partial charge in [-0.15, -0.1) is 0 Å². The molecule has 27 heavy (non-hydrogen) atoms. The Balaban J connectivity index is 2.45. The number of ether oxygens (including phenoxy) is 3. The van der Waals surface area contributed by atoms with Crippen molar-refractivity contribution in [1.29, 1.82) is 0 Å². The van der Waals surface area contributed by atoms with Crippen molar-refractivity contribution in [2.75, 3.05) is 33.2 Å². The van der Waals surface area contributed by atoms with Gasteiger partial charge in [0.1, 0.15) is 23.6 Å². The van der Waals surface area contributed by atoms with E-state index >= 15 is 0 Å². The van der Waals surface area contributed by atoms with E-state index in [4.69, 9.17) is 9.47 Å². The second-order valence-corrected chi connectivity index (χ2v) is 8.99. The number of rotatable bonds is 8. The van der Waals surface area contributed by atoms with Crippen LogP contribution in [0.1, 0.15) is 38.3 Å².